The second-order valence-electron chi connectivity index (χ2n) is 4.85. The van der Waals surface area contributed by atoms with Gasteiger partial charge >= 0.3 is 0 Å². The average molecular weight is 301 g/mol. The van der Waals surface area contributed by atoms with E-state index in [9.17, 15) is 13.6 Å². The summed E-state index contributed by atoms with van der Waals surface area (Å²) < 4.78 is 25.0. The summed E-state index contributed by atoms with van der Waals surface area (Å²) in [6.07, 6.45) is -2.56. The van der Waals surface area contributed by atoms with Gasteiger partial charge in [-0.15, -0.1) is 0 Å². The first-order valence-electron chi connectivity index (χ1n) is 6.65. The molecule has 1 rings (SSSR count). The van der Waals surface area contributed by atoms with Gasteiger partial charge in [0.2, 0.25) is 5.91 Å². The van der Waals surface area contributed by atoms with Crippen molar-refractivity contribution in [2.45, 2.75) is 26.3 Å². The number of amides is 1. The van der Waals surface area contributed by atoms with Crippen LogP contribution in [0.25, 0.3) is 0 Å². The van der Waals surface area contributed by atoms with Crippen molar-refractivity contribution in [2.75, 3.05) is 30.7 Å². The van der Waals surface area contributed by atoms with E-state index in [1.54, 1.807) is 25.1 Å². The summed E-state index contributed by atoms with van der Waals surface area (Å²) in [5.74, 6) is -0.406. The Bertz CT molecular complexity index is 483. The van der Waals surface area contributed by atoms with Crippen LogP contribution in [0.5, 0.6) is 0 Å². The summed E-state index contributed by atoms with van der Waals surface area (Å²) in [5, 5.41) is 11.6. The van der Waals surface area contributed by atoms with Crippen LogP contribution < -0.4 is 11.1 Å². The first-order chi connectivity index (χ1) is 9.85. The van der Waals surface area contributed by atoms with Gasteiger partial charge in [-0.1, -0.05) is 0 Å². The van der Waals surface area contributed by atoms with Crippen LogP contribution in [0.1, 0.15) is 12.5 Å². The Labute approximate surface area is 122 Å². The van der Waals surface area contributed by atoms with Crippen LogP contribution in [0.3, 0.4) is 0 Å². The van der Waals surface area contributed by atoms with Crippen LogP contribution in [0.4, 0.5) is 20.2 Å². The maximum Gasteiger partial charge on any atom is 0.251 e. The smallest absolute Gasteiger partial charge is 0.251 e. The van der Waals surface area contributed by atoms with Crippen LogP contribution in [0.15, 0.2) is 18.2 Å². The van der Waals surface area contributed by atoms with Crippen molar-refractivity contribution in [2.24, 2.45) is 0 Å². The Morgan fingerprint density at radius 3 is 2.67 bits per heavy atom. The van der Waals surface area contributed by atoms with E-state index in [0.29, 0.717) is 11.4 Å². The largest absolute Gasteiger partial charge is 0.399 e. The molecule has 0 saturated carbocycles. The Kier molecular flexibility index (Phi) is 6.51. The lowest BCUT2D eigenvalue weighted by atomic mass is 10.1. The molecule has 1 aromatic rings. The number of nitrogens with two attached hydrogens (primary N) is 1. The number of aliphatic hydroxyl groups excluding tert-OH is 1. The quantitative estimate of drug-likeness (QED) is 0.666. The number of alkyl halides is 2. The molecule has 0 saturated heterocycles. The fourth-order valence-corrected chi connectivity index (χ4v) is 1.98. The Morgan fingerprint density at radius 1 is 1.48 bits per heavy atom. The molecule has 0 aliphatic carbocycles. The average Bonchev–Trinajstić information content (AvgIpc) is 2.40. The summed E-state index contributed by atoms with van der Waals surface area (Å²) in [7, 11) is 0. The predicted octanol–water partition coefficient (Wildman–Crippen LogP) is 1.46. The maximum atomic E-state index is 12.5. The number of aliphatic hydroxyl groups is 1. The molecule has 0 aliphatic rings. The van der Waals surface area contributed by atoms with Gasteiger partial charge < -0.3 is 16.2 Å². The minimum Gasteiger partial charge on any atom is -0.399 e. The summed E-state index contributed by atoms with van der Waals surface area (Å²) in [5.41, 5.74) is 7.59. The second kappa shape index (κ2) is 7.90. The fourth-order valence-electron chi connectivity index (χ4n) is 1.98. The lowest BCUT2D eigenvalue weighted by molar-refractivity contribution is -0.121. The number of carbonyl (C=O) groups excluding carboxylic acids is 1. The zero-order valence-corrected chi connectivity index (χ0v) is 12.1. The molecule has 7 heteroatoms. The van der Waals surface area contributed by atoms with Gasteiger partial charge in [0.1, 0.15) is 0 Å². The Balaban J connectivity index is 2.75. The summed E-state index contributed by atoms with van der Waals surface area (Å²) in [4.78, 5) is 13.4. The molecule has 1 aromatic carbocycles. The fraction of sp³-hybridized carbons (Fsp3) is 0.500. The number of benzene rings is 1. The van der Waals surface area contributed by atoms with Gasteiger partial charge in [0.25, 0.3) is 6.43 Å². The topological polar surface area (TPSA) is 78.6 Å². The van der Waals surface area contributed by atoms with Crippen LogP contribution in [-0.4, -0.2) is 48.1 Å². The normalized spacial score (nSPS) is 12.7. The van der Waals surface area contributed by atoms with Crippen molar-refractivity contribution in [3.63, 3.8) is 0 Å². The van der Waals surface area contributed by atoms with Crippen molar-refractivity contribution in [1.29, 1.82) is 0 Å². The number of nitrogens with one attached hydrogen (secondary N) is 1. The number of nitrogen functional groups attached to an aromatic ring is 1. The van der Waals surface area contributed by atoms with Crippen molar-refractivity contribution in [3.05, 3.63) is 23.8 Å². The van der Waals surface area contributed by atoms with Crippen molar-refractivity contribution >= 4 is 17.3 Å². The van der Waals surface area contributed by atoms with E-state index < -0.39 is 24.9 Å². The van der Waals surface area contributed by atoms with Gasteiger partial charge in [-0.25, -0.2) is 8.78 Å². The predicted molar refractivity (Wildman–Crippen MR) is 78.3 cm³/mol. The molecule has 1 amide bonds. The molecule has 118 valence electrons. The highest BCUT2D eigenvalue weighted by Crippen LogP contribution is 2.18. The van der Waals surface area contributed by atoms with Gasteiger partial charge in [-0.3, -0.25) is 9.69 Å². The molecular formula is C14H21F2N3O2. The molecule has 1 unspecified atom stereocenters. The van der Waals surface area contributed by atoms with Gasteiger partial charge in [-0.05, 0) is 37.6 Å². The van der Waals surface area contributed by atoms with E-state index in [4.69, 9.17) is 10.8 Å². The van der Waals surface area contributed by atoms with Crippen LogP contribution >= 0.6 is 0 Å². The van der Waals surface area contributed by atoms with Gasteiger partial charge in [0, 0.05) is 17.9 Å². The molecule has 1 atom stereocenters. The molecule has 0 aromatic heterocycles. The highest BCUT2D eigenvalue weighted by molar-refractivity contribution is 5.95. The lowest BCUT2D eigenvalue weighted by Crippen LogP contribution is -2.45. The zero-order chi connectivity index (χ0) is 16.0. The molecule has 5 nitrogen and oxygen atoms in total. The number of hydrogen-bond donors (Lipinski definition) is 3. The number of nitrogens with zero attached hydrogens (tertiary/aromatic N) is 1. The number of anilines is 2. The van der Waals surface area contributed by atoms with Crippen LogP contribution in [0.2, 0.25) is 0 Å². The maximum absolute atomic E-state index is 12.5. The van der Waals surface area contributed by atoms with E-state index in [1.165, 1.54) is 11.8 Å². The molecule has 4 N–H and O–H groups in total. The van der Waals surface area contributed by atoms with Crippen molar-refractivity contribution < 1.29 is 18.7 Å². The number of aryl methyl sites for hydroxylation is 1. The molecule has 0 aliphatic heterocycles. The second-order valence-corrected chi connectivity index (χ2v) is 4.85. The van der Waals surface area contributed by atoms with Gasteiger partial charge in [0.05, 0.1) is 19.2 Å². The van der Waals surface area contributed by atoms with E-state index in [1.807, 2.05) is 0 Å². The van der Waals surface area contributed by atoms with Crippen LogP contribution in [-0.2, 0) is 4.79 Å². The minimum absolute atomic E-state index is 0.0135. The highest BCUT2D eigenvalue weighted by atomic mass is 19.3. The Morgan fingerprint density at radius 2 is 2.14 bits per heavy atom. The third kappa shape index (κ3) is 5.28. The molecule has 21 heavy (non-hydrogen) atoms. The summed E-state index contributed by atoms with van der Waals surface area (Å²) >= 11 is 0. The molecule has 0 heterocycles. The molecule has 0 spiro atoms. The molecular weight excluding hydrogens is 280 g/mol. The van der Waals surface area contributed by atoms with Crippen LogP contribution in [0, 0.1) is 6.92 Å². The summed E-state index contributed by atoms with van der Waals surface area (Å²) in [6.45, 7) is 2.49. The van der Waals surface area contributed by atoms with Gasteiger partial charge in [0.15, 0.2) is 0 Å². The first kappa shape index (κ1) is 17.3. The number of rotatable bonds is 7. The monoisotopic (exact) mass is 301 g/mol. The number of halogens is 2. The molecule has 0 fully saturated rings. The zero-order valence-electron chi connectivity index (χ0n) is 12.1. The SMILES string of the molecule is Cc1cc(N)ccc1NC(=O)C(C)N(CCO)CC(F)F. The van der Waals surface area contributed by atoms with Crippen molar-refractivity contribution in [3.8, 4) is 0 Å². The highest BCUT2D eigenvalue weighted by Gasteiger charge is 2.24. The Hall–Kier alpha value is -1.73. The van der Waals surface area contributed by atoms with E-state index in [2.05, 4.69) is 5.32 Å². The van der Waals surface area contributed by atoms with Crippen molar-refractivity contribution in [1.82, 2.24) is 4.90 Å². The third-order valence-corrected chi connectivity index (χ3v) is 3.20. The van der Waals surface area contributed by atoms with E-state index in [0.717, 1.165) is 5.56 Å². The van der Waals surface area contributed by atoms with Gasteiger partial charge in [-0.2, -0.15) is 0 Å². The molecule has 0 bridgehead atoms. The lowest BCUT2D eigenvalue weighted by Gasteiger charge is -2.27. The summed E-state index contributed by atoms with van der Waals surface area (Å²) in [6, 6.07) is 4.25. The van der Waals surface area contributed by atoms with E-state index in [-0.39, 0.29) is 13.2 Å². The van der Waals surface area contributed by atoms with E-state index >= 15 is 0 Å². The number of carbonyl (C=O) groups is 1. The minimum atomic E-state index is -2.56. The molecule has 0 radical (unpaired) electrons. The first-order valence-corrected chi connectivity index (χ1v) is 6.65. The number of hydrogen-bond acceptors (Lipinski definition) is 4. The third-order valence-electron chi connectivity index (χ3n) is 3.20. The standard InChI is InChI=1S/C14H21F2N3O2/c1-9-7-11(17)3-4-12(9)18-14(21)10(2)19(5-6-20)8-13(15)16/h3-4,7,10,13,20H,5-6,8,17H2,1-2H3,(H,18,21).